The summed E-state index contributed by atoms with van der Waals surface area (Å²) >= 11 is 1.39. The number of carbonyl (C=O) groups excluding carboxylic acids is 2. The van der Waals surface area contributed by atoms with Crippen LogP contribution in [0.2, 0.25) is 0 Å². The van der Waals surface area contributed by atoms with Gasteiger partial charge in [-0.15, -0.1) is 11.3 Å². The number of aryl methyl sites for hydroxylation is 1. The van der Waals surface area contributed by atoms with Crippen LogP contribution in [-0.2, 0) is 16.6 Å². The van der Waals surface area contributed by atoms with Gasteiger partial charge >= 0.3 is 0 Å². The number of rotatable bonds is 4. The molecule has 0 aliphatic carbocycles. The summed E-state index contributed by atoms with van der Waals surface area (Å²) in [7, 11) is 4.93. The van der Waals surface area contributed by atoms with Crippen LogP contribution in [0.4, 0.5) is 5.69 Å². The number of amides is 2. The van der Waals surface area contributed by atoms with Crippen molar-refractivity contribution in [3.8, 4) is 11.5 Å². The van der Waals surface area contributed by atoms with Crippen LogP contribution < -0.4 is 19.2 Å². The van der Waals surface area contributed by atoms with Gasteiger partial charge in [-0.2, -0.15) is 4.99 Å². The van der Waals surface area contributed by atoms with E-state index in [0.717, 1.165) is 0 Å². The zero-order chi connectivity index (χ0) is 18.0. The second-order valence-corrected chi connectivity index (χ2v) is 6.56. The van der Waals surface area contributed by atoms with Crippen LogP contribution in [0.3, 0.4) is 0 Å². The van der Waals surface area contributed by atoms with Gasteiger partial charge in [0.2, 0.25) is 5.91 Å². The number of methoxy groups -OCH3 is 2. The molecule has 0 radical (unpaired) electrons. The maximum atomic E-state index is 12.4. The number of hydrogen-bond donors (Lipinski definition) is 0. The number of ether oxygens (including phenoxy) is 2. The van der Waals surface area contributed by atoms with Gasteiger partial charge in [0.1, 0.15) is 11.5 Å². The fourth-order valence-corrected chi connectivity index (χ4v) is 3.47. The Hall–Kier alpha value is -2.61. The first-order chi connectivity index (χ1) is 12.0. The predicted molar refractivity (Wildman–Crippen MR) is 93.9 cm³/mol. The number of hydrogen-bond acceptors (Lipinski definition) is 5. The Kier molecular flexibility index (Phi) is 4.89. The van der Waals surface area contributed by atoms with Gasteiger partial charge in [-0.25, -0.2) is 0 Å². The number of nitrogens with zero attached hydrogens (tertiary/aromatic N) is 3. The largest absolute Gasteiger partial charge is 0.497 e. The molecular formula is C17H19N3O4S. The summed E-state index contributed by atoms with van der Waals surface area (Å²) in [5, 5.41) is 1.86. The number of carbonyl (C=O) groups is 2. The zero-order valence-electron chi connectivity index (χ0n) is 14.3. The lowest BCUT2D eigenvalue weighted by molar-refractivity contribution is -0.123. The molecule has 2 heterocycles. The summed E-state index contributed by atoms with van der Waals surface area (Å²) in [5.74, 6) is 0.317. The third-order valence-corrected chi connectivity index (χ3v) is 4.97. The van der Waals surface area contributed by atoms with Crippen LogP contribution >= 0.6 is 11.3 Å². The van der Waals surface area contributed by atoms with Crippen molar-refractivity contribution < 1.29 is 19.1 Å². The highest BCUT2D eigenvalue weighted by molar-refractivity contribution is 7.07. The number of anilines is 1. The van der Waals surface area contributed by atoms with E-state index in [0.29, 0.717) is 28.5 Å². The molecule has 0 saturated carbocycles. The van der Waals surface area contributed by atoms with Crippen LogP contribution in [0.15, 0.2) is 34.8 Å². The fraction of sp³-hybridized carbons (Fsp3) is 0.353. The minimum atomic E-state index is -0.457. The highest BCUT2D eigenvalue weighted by Crippen LogP contribution is 2.35. The summed E-state index contributed by atoms with van der Waals surface area (Å²) < 4.78 is 12.3. The first-order valence-electron chi connectivity index (χ1n) is 7.74. The van der Waals surface area contributed by atoms with E-state index < -0.39 is 5.92 Å². The third-order valence-electron chi connectivity index (χ3n) is 4.12. The molecule has 0 N–H and O–H groups in total. The third kappa shape index (κ3) is 3.43. The highest BCUT2D eigenvalue weighted by atomic mass is 32.1. The smallest absolute Gasteiger partial charge is 0.253 e. The molecule has 1 aromatic carbocycles. The van der Waals surface area contributed by atoms with Crippen molar-refractivity contribution in [1.29, 1.82) is 0 Å². The summed E-state index contributed by atoms with van der Waals surface area (Å²) in [6, 6.07) is 5.24. The van der Waals surface area contributed by atoms with Gasteiger partial charge in [0.25, 0.3) is 5.91 Å². The number of thiazole rings is 1. The molecule has 25 heavy (non-hydrogen) atoms. The van der Waals surface area contributed by atoms with Crippen molar-refractivity contribution in [2.75, 3.05) is 25.7 Å². The van der Waals surface area contributed by atoms with Gasteiger partial charge in [0, 0.05) is 37.7 Å². The Balaban J connectivity index is 1.84. The van der Waals surface area contributed by atoms with E-state index in [1.54, 1.807) is 34.8 Å². The Morgan fingerprint density at radius 1 is 1.32 bits per heavy atom. The normalized spacial score (nSPS) is 17.9. The second-order valence-electron chi connectivity index (χ2n) is 5.69. The molecule has 2 amide bonds. The molecule has 3 rings (SSSR count). The maximum absolute atomic E-state index is 12.4. The van der Waals surface area contributed by atoms with Gasteiger partial charge in [0.15, 0.2) is 4.80 Å². The maximum Gasteiger partial charge on any atom is 0.253 e. The summed E-state index contributed by atoms with van der Waals surface area (Å²) in [5.41, 5.74) is 0.630. The van der Waals surface area contributed by atoms with Gasteiger partial charge in [-0.05, 0) is 12.1 Å². The van der Waals surface area contributed by atoms with E-state index in [-0.39, 0.29) is 18.2 Å². The topological polar surface area (TPSA) is 73.1 Å². The molecule has 1 aromatic heterocycles. The van der Waals surface area contributed by atoms with Crippen molar-refractivity contribution in [3.63, 3.8) is 0 Å². The standard InChI is InChI=1S/C17H19N3O4S/c1-19-6-7-25-17(19)18-16(22)11-8-15(21)20(10-11)13-5-4-12(23-2)9-14(13)24-3/h4-7,9,11H,8,10H2,1-3H3. The monoisotopic (exact) mass is 361 g/mol. The first kappa shape index (κ1) is 17.2. The van der Waals surface area contributed by atoms with Crippen molar-refractivity contribution in [3.05, 3.63) is 34.6 Å². The average Bonchev–Trinajstić information content (AvgIpc) is 3.20. The number of aromatic nitrogens is 1. The van der Waals surface area contributed by atoms with E-state index >= 15 is 0 Å². The predicted octanol–water partition coefficient (Wildman–Crippen LogP) is 1.58. The highest BCUT2D eigenvalue weighted by Gasteiger charge is 2.36. The van der Waals surface area contributed by atoms with Crippen molar-refractivity contribution in [1.82, 2.24) is 4.57 Å². The lowest BCUT2D eigenvalue weighted by Gasteiger charge is -2.19. The molecule has 1 unspecified atom stereocenters. The van der Waals surface area contributed by atoms with Gasteiger partial charge in [-0.3, -0.25) is 9.59 Å². The van der Waals surface area contributed by atoms with Crippen LogP contribution in [-0.4, -0.2) is 37.1 Å². The van der Waals surface area contributed by atoms with Crippen molar-refractivity contribution >= 4 is 28.8 Å². The molecular weight excluding hydrogens is 342 g/mol. The van der Waals surface area contributed by atoms with E-state index in [4.69, 9.17) is 9.47 Å². The molecule has 1 aliphatic rings. The molecule has 2 aromatic rings. The minimum Gasteiger partial charge on any atom is -0.497 e. The molecule has 0 spiro atoms. The van der Waals surface area contributed by atoms with Crippen molar-refractivity contribution in [2.45, 2.75) is 6.42 Å². The average molecular weight is 361 g/mol. The van der Waals surface area contributed by atoms with E-state index in [1.807, 2.05) is 18.6 Å². The molecule has 0 bridgehead atoms. The summed E-state index contributed by atoms with van der Waals surface area (Å²) in [6.45, 7) is 0.291. The van der Waals surface area contributed by atoms with Crippen molar-refractivity contribution in [2.24, 2.45) is 18.0 Å². The lowest BCUT2D eigenvalue weighted by atomic mass is 10.1. The Morgan fingerprint density at radius 3 is 2.76 bits per heavy atom. The van der Waals surface area contributed by atoms with Crippen LogP contribution in [0.5, 0.6) is 11.5 Å². The van der Waals surface area contributed by atoms with E-state index in [2.05, 4.69) is 4.99 Å². The van der Waals surface area contributed by atoms with E-state index in [1.165, 1.54) is 18.4 Å². The second kappa shape index (κ2) is 7.10. The Labute approximate surface area is 149 Å². The van der Waals surface area contributed by atoms with Gasteiger partial charge in [0.05, 0.1) is 25.8 Å². The molecule has 1 fully saturated rings. The van der Waals surface area contributed by atoms with E-state index in [9.17, 15) is 9.59 Å². The Bertz CT molecular complexity index is 871. The molecule has 132 valence electrons. The zero-order valence-corrected chi connectivity index (χ0v) is 15.1. The molecule has 1 saturated heterocycles. The van der Waals surface area contributed by atoms with Gasteiger partial charge < -0.3 is 18.9 Å². The minimum absolute atomic E-state index is 0.118. The molecule has 1 aliphatic heterocycles. The quantitative estimate of drug-likeness (QED) is 0.829. The Morgan fingerprint density at radius 2 is 2.12 bits per heavy atom. The van der Waals surface area contributed by atoms with Crippen LogP contribution in [0.25, 0.3) is 0 Å². The lowest BCUT2D eigenvalue weighted by Crippen LogP contribution is -2.26. The van der Waals surface area contributed by atoms with Crippen LogP contribution in [0, 0.1) is 5.92 Å². The summed E-state index contributed by atoms with van der Waals surface area (Å²) in [6.07, 6.45) is 1.98. The van der Waals surface area contributed by atoms with Crippen LogP contribution in [0.1, 0.15) is 6.42 Å². The number of benzene rings is 1. The summed E-state index contributed by atoms with van der Waals surface area (Å²) in [4.78, 5) is 31.2. The van der Waals surface area contributed by atoms with Gasteiger partial charge in [-0.1, -0.05) is 0 Å². The molecule has 7 nitrogen and oxygen atoms in total. The fourth-order valence-electron chi connectivity index (χ4n) is 2.73. The molecule has 1 atom stereocenters. The first-order valence-corrected chi connectivity index (χ1v) is 8.62. The SMILES string of the molecule is COc1ccc(N2CC(C(=O)N=c3sccn3C)CC2=O)c(OC)c1. The molecule has 8 heteroatoms.